The Morgan fingerprint density at radius 2 is 1.93 bits per heavy atom. The zero-order valence-corrected chi connectivity index (χ0v) is 16.9. The van der Waals surface area contributed by atoms with E-state index in [9.17, 15) is 4.79 Å². The number of likely N-dealkylation sites (tertiary alicyclic amines) is 1. The molecule has 5 rings (SSSR count). The maximum Gasteiger partial charge on any atom is 0.228 e. The first-order chi connectivity index (χ1) is 14.3. The molecule has 3 heterocycles. The molecule has 1 atom stereocenters. The van der Waals surface area contributed by atoms with E-state index in [1.165, 1.54) is 0 Å². The van der Waals surface area contributed by atoms with Gasteiger partial charge in [-0.15, -0.1) is 11.3 Å². The quantitative estimate of drug-likeness (QED) is 0.497. The van der Waals surface area contributed by atoms with Crippen LogP contribution in [0.5, 0.6) is 0 Å². The Balaban J connectivity index is 1.29. The molecule has 2 aromatic carbocycles. The van der Waals surface area contributed by atoms with Crippen molar-refractivity contribution in [2.75, 3.05) is 6.54 Å². The number of aromatic nitrogens is 3. The lowest BCUT2D eigenvalue weighted by Crippen LogP contribution is -2.38. The summed E-state index contributed by atoms with van der Waals surface area (Å²) in [5.74, 6) is 0.168. The molecular weight excluding hydrogens is 380 g/mol. The second kappa shape index (κ2) is 7.79. The summed E-state index contributed by atoms with van der Waals surface area (Å²) < 4.78 is 2.17. The highest BCUT2D eigenvalue weighted by molar-refractivity contribution is 7.13. The van der Waals surface area contributed by atoms with Crippen LogP contribution in [0.2, 0.25) is 0 Å². The van der Waals surface area contributed by atoms with Crippen LogP contribution in [0.15, 0.2) is 66.3 Å². The lowest BCUT2D eigenvalue weighted by atomic mass is 10.2. The summed E-state index contributed by atoms with van der Waals surface area (Å²) in [4.78, 5) is 24.2. The van der Waals surface area contributed by atoms with Gasteiger partial charge in [0, 0.05) is 30.1 Å². The second-order valence-electron chi connectivity index (χ2n) is 7.46. The molecule has 0 saturated carbocycles. The molecule has 1 saturated heterocycles. The molecule has 0 bridgehead atoms. The normalized spacial score (nSPS) is 16.6. The van der Waals surface area contributed by atoms with Crippen LogP contribution >= 0.6 is 11.3 Å². The van der Waals surface area contributed by atoms with Gasteiger partial charge < -0.3 is 9.47 Å². The molecule has 0 spiro atoms. The number of rotatable bonds is 5. The van der Waals surface area contributed by atoms with Crippen molar-refractivity contribution in [1.29, 1.82) is 0 Å². The minimum atomic E-state index is 0.168. The van der Waals surface area contributed by atoms with Crippen molar-refractivity contribution in [1.82, 2.24) is 19.4 Å². The molecule has 146 valence electrons. The SMILES string of the molecule is O=C(Cc1csc(-c2ccccc2)n1)N1CCCC1Cn1cnc2ccccc21. The zero-order chi connectivity index (χ0) is 19.6. The average molecular weight is 403 g/mol. The van der Waals surface area contributed by atoms with Crippen LogP contribution in [0.25, 0.3) is 21.6 Å². The van der Waals surface area contributed by atoms with Gasteiger partial charge in [-0.3, -0.25) is 4.79 Å². The van der Waals surface area contributed by atoms with Crippen LogP contribution in [-0.4, -0.2) is 37.9 Å². The first-order valence-corrected chi connectivity index (χ1v) is 10.8. The van der Waals surface area contributed by atoms with Crippen molar-refractivity contribution in [3.05, 3.63) is 72.0 Å². The van der Waals surface area contributed by atoms with Crippen molar-refractivity contribution in [2.45, 2.75) is 31.8 Å². The third kappa shape index (κ3) is 3.68. The van der Waals surface area contributed by atoms with Gasteiger partial charge in [0.05, 0.1) is 29.5 Å². The van der Waals surface area contributed by atoms with Gasteiger partial charge in [0.1, 0.15) is 5.01 Å². The summed E-state index contributed by atoms with van der Waals surface area (Å²) in [7, 11) is 0. The van der Waals surface area contributed by atoms with Gasteiger partial charge in [0.25, 0.3) is 0 Å². The molecular formula is C23H22N4OS. The fourth-order valence-corrected chi connectivity index (χ4v) is 4.92. The molecule has 1 amide bonds. The Morgan fingerprint density at radius 1 is 1.10 bits per heavy atom. The Morgan fingerprint density at radius 3 is 2.83 bits per heavy atom. The third-order valence-corrected chi connectivity index (χ3v) is 6.48. The van der Waals surface area contributed by atoms with E-state index in [4.69, 9.17) is 0 Å². The Hall–Kier alpha value is -2.99. The molecule has 0 aliphatic carbocycles. The fraction of sp³-hybridized carbons (Fsp3) is 0.261. The molecule has 1 aliphatic heterocycles. The number of hydrogen-bond acceptors (Lipinski definition) is 4. The zero-order valence-electron chi connectivity index (χ0n) is 16.1. The Labute approximate surface area is 173 Å². The highest BCUT2D eigenvalue weighted by Crippen LogP contribution is 2.25. The van der Waals surface area contributed by atoms with Crippen LogP contribution in [0.1, 0.15) is 18.5 Å². The Bertz CT molecular complexity index is 1130. The summed E-state index contributed by atoms with van der Waals surface area (Å²) in [5, 5.41) is 2.98. The Kier molecular flexibility index (Phi) is 4.86. The second-order valence-corrected chi connectivity index (χ2v) is 8.31. The molecule has 1 fully saturated rings. The summed E-state index contributed by atoms with van der Waals surface area (Å²) >= 11 is 1.60. The van der Waals surface area contributed by atoms with Crippen LogP contribution in [0.3, 0.4) is 0 Å². The smallest absolute Gasteiger partial charge is 0.228 e. The minimum Gasteiger partial charge on any atom is -0.338 e. The minimum absolute atomic E-state index is 0.168. The lowest BCUT2D eigenvalue weighted by Gasteiger charge is -2.25. The number of benzene rings is 2. The van der Waals surface area contributed by atoms with Gasteiger partial charge in [-0.05, 0) is 25.0 Å². The largest absolute Gasteiger partial charge is 0.338 e. The van der Waals surface area contributed by atoms with E-state index >= 15 is 0 Å². The van der Waals surface area contributed by atoms with Gasteiger partial charge >= 0.3 is 0 Å². The van der Waals surface area contributed by atoms with Gasteiger partial charge in [-0.1, -0.05) is 42.5 Å². The third-order valence-electron chi connectivity index (χ3n) is 5.54. The van der Waals surface area contributed by atoms with Crippen molar-refractivity contribution in [2.24, 2.45) is 0 Å². The van der Waals surface area contributed by atoms with Crippen LogP contribution < -0.4 is 0 Å². The number of hydrogen-bond donors (Lipinski definition) is 0. The number of imidazole rings is 1. The van der Waals surface area contributed by atoms with E-state index in [1.807, 2.05) is 53.0 Å². The van der Waals surface area contributed by atoms with Gasteiger partial charge in [0.15, 0.2) is 0 Å². The number of nitrogens with zero attached hydrogens (tertiary/aromatic N) is 4. The summed E-state index contributed by atoms with van der Waals surface area (Å²) in [6.45, 7) is 1.62. The van der Waals surface area contributed by atoms with Crippen LogP contribution in [-0.2, 0) is 17.8 Å². The standard InChI is InChI=1S/C23H22N4OS/c28-22(13-18-15-29-23(25-18)17-7-2-1-3-8-17)27-12-6-9-19(27)14-26-16-24-20-10-4-5-11-21(20)26/h1-5,7-8,10-11,15-16,19H,6,9,12-14H2. The van der Waals surface area contributed by atoms with E-state index in [0.29, 0.717) is 6.42 Å². The number of fused-ring (bicyclic) bond motifs is 1. The van der Waals surface area contributed by atoms with Crippen molar-refractivity contribution in [3.63, 3.8) is 0 Å². The van der Waals surface area contributed by atoms with Crippen molar-refractivity contribution >= 4 is 28.3 Å². The maximum absolute atomic E-state index is 13.0. The van der Waals surface area contributed by atoms with Gasteiger partial charge in [-0.25, -0.2) is 9.97 Å². The average Bonchev–Trinajstić information content (AvgIpc) is 3.49. The van der Waals surface area contributed by atoms with Crippen molar-refractivity contribution in [3.8, 4) is 10.6 Å². The molecule has 2 aromatic heterocycles. The molecule has 29 heavy (non-hydrogen) atoms. The van der Waals surface area contributed by atoms with E-state index < -0.39 is 0 Å². The summed E-state index contributed by atoms with van der Waals surface area (Å²) in [5.41, 5.74) is 4.08. The van der Waals surface area contributed by atoms with E-state index in [-0.39, 0.29) is 11.9 Å². The maximum atomic E-state index is 13.0. The predicted octanol–water partition coefficient (Wildman–Crippen LogP) is 4.39. The lowest BCUT2D eigenvalue weighted by molar-refractivity contribution is -0.131. The molecule has 4 aromatic rings. The molecule has 1 unspecified atom stereocenters. The van der Waals surface area contributed by atoms with Gasteiger partial charge in [-0.2, -0.15) is 0 Å². The number of thiazole rings is 1. The van der Waals surface area contributed by atoms with Crippen LogP contribution in [0, 0.1) is 0 Å². The number of amides is 1. The number of carbonyl (C=O) groups is 1. The van der Waals surface area contributed by atoms with E-state index in [1.54, 1.807) is 11.3 Å². The van der Waals surface area contributed by atoms with E-state index in [0.717, 1.165) is 53.2 Å². The topological polar surface area (TPSA) is 51.0 Å². The highest BCUT2D eigenvalue weighted by Gasteiger charge is 2.29. The summed E-state index contributed by atoms with van der Waals surface area (Å²) in [6, 6.07) is 18.5. The van der Waals surface area contributed by atoms with Crippen LogP contribution in [0.4, 0.5) is 0 Å². The molecule has 1 aliphatic rings. The predicted molar refractivity (Wildman–Crippen MR) is 116 cm³/mol. The fourth-order valence-electron chi connectivity index (χ4n) is 4.09. The number of carbonyl (C=O) groups excluding carboxylic acids is 1. The van der Waals surface area contributed by atoms with E-state index in [2.05, 4.69) is 32.7 Å². The van der Waals surface area contributed by atoms with Crippen molar-refractivity contribution < 1.29 is 4.79 Å². The van der Waals surface area contributed by atoms with Gasteiger partial charge in [0.2, 0.25) is 5.91 Å². The summed E-state index contributed by atoms with van der Waals surface area (Å²) in [6.07, 6.45) is 4.34. The highest BCUT2D eigenvalue weighted by atomic mass is 32.1. The monoisotopic (exact) mass is 402 g/mol. The first kappa shape index (κ1) is 18.1. The first-order valence-electron chi connectivity index (χ1n) is 9.97. The molecule has 0 radical (unpaired) electrons. The molecule has 6 heteroatoms. The molecule has 5 nitrogen and oxygen atoms in total. The number of para-hydroxylation sites is 2. The molecule has 0 N–H and O–H groups in total.